The van der Waals surface area contributed by atoms with E-state index in [-0.39, 0.29) is 17.3 Å². The van der Waals surface area contributed by atoms with E-state index in [9.17, 15) is 14.9 Å². The second-order valence-corrected chi connectivity index (χ2v) is 9.60. The summed E-state index contributed by atoms with van der Waals surface area (Å²) < 4.78 is 2.20. The zero-order chi connectivity index (χ0) is 24.8. The molecule has 35 heavy (non-hydrogen) atoms. The van der Waals surface area contributed by atoms with Crippen molar-refractivity contribution in [1.29, 1.82) is 0 Å². The van der Waals surface area contributed by atoms with Crippen LogP contribution in [0.3, 0.4) is 0 Å². The Morgan fingerprint density at radius 2 is 1.80 bits per heavy atom. The van der Waals surface area contributed by atoms with E-state index in [0.717, 1.165) is 29.4 Å². The number of nitro groups is 1. The molecule has 0 unspecified atom stereocenters. The monoisotopic (exact) mass is 492 g/mol. The number of amides is 1. The van der Waals surface area contributed by atoms with Gasteiger partial charge in [0.2, 0.25) is 0 Å². The van der Waals surface area contributed by atoms with Gasteiger partial charge in [0.15, 0.2) is 11.0 Å². The molecule has 182 valence electrons. The fourth-order valence-corrected chi connectivity index (χ4v) is 4.94. The Morgan fingerprint density at radius 1 is 1.11 bits per heavy atom. The second kappa shape index (κ2) is 11.3. The average molecular weight is 493 g/mol. The predicted octanol–water partition coefficient (Wildman–Crippen LogP) is 5.30. The molecule has 1 amide bonds. The van der Waals surface area contributed by atoms with E-state index in [1.807, 2.05) is 0 Å². The van der Waals surface area contributed by atoms with Crippen LogP contribution in [0.4, 0.5) is 5.69 Å². The maximum atomic E-state index is 12.5. The Bertz CT molecular complexity index is 1220. The van der Waals surface area contributed by atoms with E-state index in [2.05, 4.69) is 56.5 Å². The summed E-state index contributed by atoms with van der Waals surface area (Å²) in [6.45, 7) is 3.80. The first-order valence-electron chi connectivity index (χ1n) is 11.6. The smallest absolute Gasteiger partial charge is 0.269 e. The molecule has 0 spiro atoms. The van der Waals surface area contributed by atoms with Gasteiger partial charge < -0.3 is 0 Å². The van der Waals surface area contributed by atoms with Gasteiger partial charge in [-0.1, -0.05) is 60.9 Å². The molecule has 10 heteroatoms. The van der Waals surface area contributed by atoms with Gasteiger partial charge in [-0.25, -0.2) is 5.43 Å². The minimum Gasteiger partial charge on any atom is -0.299 e. The van der Waals surface area contributed by atoms with Gasteiger partial charge in [-0.3, -0.25) is 19.5 Å². The summed E-state index contributed by atoms with van der Waals surface area (Å²) >= 11 is 1.35. The highest BCUT2D eigenvalue weighted by molar-refractivity contribution is 7.99. The molecule has 0 aliphatic heterocycles. The molecule has 0 radical (unpaired) electrons. The number of aromatic nitrogens is 3. The molecule has 1 aliphatic rings. The van der Waals surface area contributed by atoms with E-state index < -0.39 is 4.92 Å². The third-order valence-electron chi connectivity index (χ3n) is 6.09. The minimum atomic E-state index is -0.453. The summed E-state index contributed by atoms with van der Waals surface area (Å²) in [6.07, 6.45) is 5.76. The number of rotatable bonds is 8. The summed E-state index contributed by atoms with van der Waals surface area (Å²) in [7, 11) is 0. The van der Waals surface area contributed by atoms with E-state index in [1.54, 1.807) is 19.1 Å². The van der Waals surface area contributed by atoms with Gasteiger partial charge in [0.25, 0.3) is 11.6 Å². The van der Waals surface area contributed by atoms with Crippen molar-refractivity contribution < 1.29 is 9.72 Å². The molecule has 1 heterocycles. The molecular weight excluding hydrogens is 464 g/mol. The SMILES string of the molecule is C/C(=N\NC(=O)CSc1nnc(-c2ccc(C)cc2)n1C1CCCCC1)c1ccc([N+](=O)[O-])cc1. The van der Waals surface area contributed by atoms with Crippen molar-refractivity contribution in [2.75, 3.05) is 5.75 Å². The number of carbonyl (C=O) groups is 1. The van der Waals surface area contributed by atoms with Crippen LogP contribution in [0.5, 0.6) is 0 Å². The van der Waals surface area contributed by atoms with Crippen LogP contribution in [0.2, 0.25) is 0 Å². The molecule has 1 aliphatic carbocycles. The van der Waals surface area contributed by atoms with Crippen molar-refractivity contribution in [2.24, 2.45) is 5.10 Å². The van der Waals surface area contributed by atoms with Gasteiger partial charge in [-0.15, -0.1) is 10.2 Å². The molecule has 1 N–H and O–H groups in total. The second-order valence-electron chi connectivity index (χ2n) is 8.66. The zero-order valence-corrected chi connectivity index (χ0v) is 20.6. The third kappa shape index (κ3) is 6.13. The lowest BCUT2D eigenvalue weighted by Gasteiger charge is -2.25. The Kier molecular flexibility index (Phi) is 7.91. The van der Waals surface area contributed by atoms with Crippen LogP contribution in [-0.4, -0.2) is 37.1 Å². The Labute approximate surface area is 208 Å². The van der Waals surface area contributed by atoms with E-state index in [4.69, 9.17) is 0 Å². The van der Waals surface area contributed by atoms with Crippen molar-refractivity contribution in [2.45, 2.75) is 57.1 Å². The lowest BCUT2D eigenvalue weighted by Crippen LogP contribution is -2.22. The molecule has 4 rings (SSSR count). The Morgan fingerprint density at radius 3 is 2.46 bits per heavy atom. The van der Waals surface area contributed by atoms with Crippen LogP contribution in [0.25, 0.3) is 11.4 Å². The standard InChI is InChI=1S/C25H28N6O3S/c1-17-8-10-20(11-9-17)24-28-29-25(30(24)21-6-4-3-5-7-21)35-16-23(32)27-26-18(2)19-12-14-22(15-13-19)31(33)34/h8-15,21H,3-7,16H2,1-2H3,(H,27,32)/b26-18+. The van der Waals surface area contributed by atoms with Crippen LogP contribution >= 0.6 is 11.8 Å². The number of carbonyl (C=O) groups excluding carboxylic acids is 1. The maximum absolute atomic E-state index is 12.5. The third-order valence-corrected chi connectivity index (χ3v) is 7.03. The van der Waals surface area contributed by atoms with Crippen LogP contribution in [0.1, 0.15) is 56.2 Å². The highest BCUT2D eigenvalue weighted by atomic mass is 32.2. The zero-order valence-electron chi connectivity index (χ0n) is 19.8. The van der Waals surface area contributed by atoms with Crippen LogP contribution in [0, 0.1) is 17.0 Å². The molecule has 9 nitrogen and oxygen atoms in total. The molecule has 3 aromatic rings. The van der Waals surface area contributed by atoms with E-state index in [0.29, 0.717) is 17.3 Å². The number of thioether (sulfide) groups is 1. The fourth-order valence-electron chi connectivity index (χ4n) is 4.14. The van der Waals surface area contributed by atoms with Crippen molar-refractivity contribution >= 4 is 29.1 Å². The number of non-ortho nitro benzene ring substituents is 1. The topological polar surface area (TPSA) is 115 Å². The van der Waals surface area contributed by atoms with Crippen molar-refractivity contribution in [1.82, 2.24) is 20.2 Å². The minimum absolute atomic E-state index is 0.00840. The predicted molar refractivity (Wildman–Crippen MR) is 136 cm³/mol. The Hall–Kier alpha value is -3.53. The molecule has 2 aromatic carbocycles. The number of nitrogens with one attached hydrogen (secondary N) is 1. The number of benzene rings is 2. The average Bonchev–Trinajstić information content (AvgIpc) is 3.31. The number of nitrogens with zero attached hydrogens (tertiary/aromatic N) is 5. The molecule has 1 aromatic heterocycles. The summed E-state index contributed by atoms with van der Waals surface area (Å²) in [4.78, 5) is 22.9. The summed E-state index contributed by atoms with van der Waals surface area (Å²) in [5.41, 5.74) is 6.05. The van der Waals surface area contributed by atoms with Gasteiger partial charge in [0.05, 0.1) is 16.4 Å². The van der Waals surface area contributed by atoms with Crippen LogP contribution in [-0.2, 0) is 4.79 Å². The number of hydrazone groups is 1. The molecule has 0 bridgehead atoms. The summed E-state index contributed by atoms with van der Waals surface area (Å²) in [5, 5.41) is 24.6. The lowest BCUT2D eigenvalue weighted by molar-refractivity contribution is -0.384. The van der Waals surface area contributed by atoms with E-state index in [1.165, 1.54) is 48.7 Å². The summed E-state index contributed by atoms with van der Waals surface area (Å²) in [6, 6.07) is 14.6. The molecule has 0 saturated heterocycles. The van der Waals surface area contributed by atoms with Gasteiger partial charge in [-0.2, -0.15) is 5.10 Å². The molecule has 1 saturated carbocycles. The quantitative estimate of drug-likeness (QED) is 0.197. The number of hydrogen-bond acceptors (Lipinski definition) is 7. The number of nitro benzene ring substituents is 1. The van der Waals surface area contributed by atoms with Gasteiger partial charge >= 0.3 is 0 Å². The van der Waals surface area contributed by atoms with Crippen LogP contribution < -0.4 is 5.43 Å². The molecule has 1 fully saturated rings. The highest BCUT2D eigenvalue weighted by Crippen LogP contribution is 2.35. The van der Waals surface area contributed by atoms with Gasteiger partial charge in [0, 0.05) is 23.7 Å². The maximum Gasteiger partial charge on any atom is 0.269 e. The normalized spacial score (nSPS) is 14.6. The number of hydrogen-bond donors (Lipinski definition) is 1. The lowest BCUT2D eigenvalue weighted by atomic mass is 9.95. The number of aryl methyl sites for hydroxylation is 1. The van der Waals surface area contributed by atoms with Crippen molar-refractivity contribution in [3.05, 3.63) is 69.8 Å². The van der Waals surface area contributed by atoms with Crippen molar-refractivity contribution in [3.8, 4) is 11.4 Å². The first kappa shape index (κ1) is 24.6. The fraction of sp³-hybridized carbons (Fsp3) is 0.360. The largest absolute Gasteiger partial charge is 0.299 e. The van der Waals surface area contributed by atoms with Gasteiger partial charge in [-0.05, 0) is 44.4 Å². The van der Waals surface area contributed by atoms with E-state index >= 15 is 0 Å². The molecule has 0 atom stereocenters. The first-order chi connectivity index (χ1) is 16.9. The highest BCUT2D eigenvalue weighted by Gasteiger charge is 2.24. The molecular formula is C25H28N6O3S. The Balaban J connectivity index is 1.44. The van der Waals surface area contributed by atoms with Crippen molar-refractivity contribution in [3.63, 3.8) is 0 Å². The van der Waals surface area contributed by atoms with Gasteiger partial charge in [0.1, 0.15) is 0 Å². The summed E-state index contributed by atoms with van der Waals surface area (Å²) in [5.74, 6) is 0.730. The van der Waals surface area contributed by atoms with Crippen LogP contribution in [0.15, 0.2) is 58.8 Å². The first-order valence-corrected chi connectivity index (χ1v) is 12.6.